The highest BCUT2D eigenvalue weighted by molar-refractivity contribution is 5.89. The molecule has 2 rings (SSSR count). The first-order valence-electron chi connectivity index (χ1n) is 4.72. The number of anilines is 1. The van der Waals surface area contributed by atoms with E-state index in [-0.39, 0.29) is 11.4 Å². The van der Waals surface area contributed by atoms with Crippen molar-refractivity contribution in [2.75, 3.05) is 12.3 Å². The van der Waals surface area contributed by atoms with E-state index in [0.29, 0.717) is 10.9 Å². The number of fused-ring (bicyclic) bond motifs is 1. The molecule has 0 unspecified atom stereocenters. The van der Waals surface area contributed by atoms with Crippen LogP contribution in [0.1, 0.15) is 0 Å². The number of para-hydroxylation sites is 1. The average Bonchev–Trinajstić information content (AvgIpc) is 2.27. The number of pyridine rings is 1. The molecule has 0 bridgehead atoms. The minimum Gasteiger partial charge on any atom is -0.485 e. The van der Waals surface area contributed by atoms with E-state index in [1.165, 1.54) is 6.20 Å². The fourth-order valence-electron chi connectivity index (χ4n) is 1.44. The zero-order valence-corrected chi connectivity index (χ0v) is 8.36. The molecular formula is C11H10F2N2O. The molecule has 0 saturated carbocycles. The summed E-state index contributed by atoms with van der Waals surface area (Å²) in [7, 11) is 0. The fraction of sp³-hybridized carbons (Fsp3) is 0.182. The number of nitrogens with zero attached hydrogens (tertiary/aromatic N) is 1. The largest absolute Gasteiger partial charge is 0.485 e. The topological polar surface area (TPSA) is 48.1 Å². The van der Waals surface area contributed by atoms with Crippen LogP contribution < -0.4 is 10.5 Å². The Labute approximate surface area is 90.8 Å². The first-order chi connectivity index (χ1) is 7.68. The van der Waals surface area contributed by atoms with Crippen LogP contribution in [-0.2, 0) is 0 Å². The Morgan fingerprint density at radius 2 is 2.06 bits per heavy atom. The highest BCUT2D eigenvalue weighted by Crippen LogP contribution is 2.30. The Bertz CT molecular complexity index is 502. The molecule has 16 heavy (non-hydrogen) atoms. The maximum Gasteiger partial charge on any atom is 0.272 e. The normalized spacial score (nSPS) is 10.9. The Hall–Kier alpha value is -1.91. The maximum absolute atomic E-state index is 12.1. The van der Waals surface area contributed by atoms with Gasteiger partial charge >= 0.3 is 0 Å². The Balaban J connectivity index is 2.44. The van der Waals surface area contributed by atoms with Crippen LogP contribution in [0.3, 0.4) is 0 Å². The van der Waals surface area contributed by atoms with Gasteiger partial charge in [-0.2, -0.15) is 0 Å². The summed E-state index contributed by atoms with van der Waals surface area (Å²) in [4.78, 5) is 4.08. The molecule has 0 aliphatic heterocycles. The molecule has 0 aliphatic carbocycles. The summed E-state index contributed by atoms with van der Waals surface area (Å²) in [6.07, 6.45) is -1.12. The molecule has 0 fully saturated rings. The van der Waals surface area contributed by atoms with E-state index in [1.54, 1.807) is 18.2 Å². The molecular weight excluding hydrogens is 214 g/mol. The lowest BCUT2D eigenvalue weighted by molar-refractivity contribution is 0.0830. The van der Waals surface area contributed by atoms with Crippen molar-refractivity contribution in [1.82, 2.24) is 4.98 Å². The van der Waals surface area contributed by atoms with Gasteiger partial charge in [-0.1, -0.05) is 12.1 Å². The molecule has 1 heterocycles. The van der Waals surface area contributed by atoms with Crippen molar-refractivity contribution in [3.8, 4) is 5.75 Å². The van der Waals surface area contributed by atoms with Crippen molar-refractivity contribution in [3.63, 3.8) is 0 Å². The summed E-state index contributed by atoms with van der Waals surface area (Å²) in [5, 5.41) is 0.642. The summed E-state index contributed by atoms with van der Waals surface area (Å²) >= 11 is 0. The monoisotopic (exact) mass is 224 g/mol. The number of ether oxygens (including phenoxy) is 1. The Morgan fingerprint density at radius 1 is 1.31 bits per heavy atom. The van der Waals surface area contributed by atoms with Gasteiger partial charge in [0.1, 0.15) is 6.61 Å². The number of hydrogen-bond acceptors (Lipinski definition) is 3. The van der Waals surface area contributed by atoms with Gasteiger partial charge in [-0.05, 0) is 12.1 Å². The van der Waals surface area contributed by atoms with E-state index in [4.69, 9.17) is 10.5 Å². The van der Waals surface area contributed by atoms with Crippen LogP contribution in [0.5, 0.6) is 5.75 Å². The quantitative estimate of drug-likeness (QED) is 0.871. The van der Waals surface area contributed by atoms with Gasteiger partial charge in [0.05, 0.1) is 17.4 Å². The van der Waals surface area contributed by atoms with Crippen molar-refractivity contribution in [3.05, 3.63) is 30.5 Å². The average molecular weight is 224 g/mol. The van der Waals surface area contributed by atoms with E-state index >= 15 is 0 Å². The minimum absolute atomic E-state index is 0.263. The molecule has 0 aliphatic rings. The zero-order valence-electron chi connectivity index (χ0n) is 8.36. The minimum atomic E-state index is -2.52. The van der Waals surface area contributed by atoms with Crippen LogP contribution in [0.25, 0.3) is 10.9 Å². The standard InChI is InChI=1S/C11H10F2N2O/c12-10(13)6-16-11-7-3-1-2-4-9(7)15-5-8(11)14/h1-5,10H,6,14H2. The fourth-order valence-corrected chi connectivity index (χ4v) is 1.44. The molecule has 0 saturated heterocycles. The molecule has 5 heteroatoms. The second-order valence-corrected chi connectivity index (χ2v) is 3.26. The van der Waals surface area contributed by atoms with E-state index < -0.39 is 13.0 Å². The molecule has 3 nitrogen and oxygen atoms in total. The molecule has 0 amide bonds. The van der Waals surface area contributed by atoms with Crippen molar-refractivity contribution in [2.24, 2.45) is 0 Å². The molecule has 0 radical (unpaired) electrons. The number of benzene rings is 1. The van der Waals surface area contributed by atoms with Gasteiger partial charge in [0.2, 0.25) is 0 Å². The van der Waals surface area contributed by atoms with Gasteiger partial charge in [-0.25, -0.2) is 8.78 Å². The molecule has 2 aromatic rings. The number of rotatable bonds is 3. The highest BCUT2D eigenvalue weighted by atomic mass is 19.3. The number of halogens is 2. The number of nitrogens with two attached hydrogens (primary N) is 1. The highest BCUT2D eigenvalue weighted by Gasteiger charge is 2.10. The number of nitrogen functional groups attached to an aromatic ring is 1. The lowest BCUT2D eigenvalue weighted by Gasteiger charge is -2.10. The second kappa shape index (κ2) is 4.30. The third-order valence-electron chi connectivity index (χ3n) is 2.11. The predicted molar refractivity (Wildman–Crippen MR) is 57.7 cm³/mol. The molecule has 1 aromatic carbocycles. The van der Waals surface area contributed by atoms with E-state index in [2.05, 4.69) is 4.98 Å². The summed E-state index contributed by atoms with van der Waals surface area (Å²) in [5.41, 5.74) is 6.57. The summed E-state index contributed by atoms with van der Waals surface area (Å²) < 4.78 is 29.1. The van der Waals surface area contributed by atoms with Crippen LogP contribution in [-0.4, -0.2) is 18.0 Å². The van der Waals surface area contributed by atoms with Crippen molar-refractivity contribution >= 4 is 16.6 Å². The van der Waals surface area contributed by atoms with Crippen molar-refractivity contribution in [2.45, 2.75) is 6.43 Å². The summed E-state index contributed by atoms with van der Waals surface area (Å²) in [5.74, 6) is 0.269. The number of hydrogen-bond donors (Lipinski definition) is 1. The van der Waals surface area contributed by atoms with Crippen LogP contribution in [0.15, 0.2) is 30.5 Å². The van der Waals surface area contributed by atoms with Crippen LogP contribution in [0, 0.1) is 0 Å². The van der Waals surface area contributed by atoms with Gasteiger partial charge in [0, 0.05) is 5.39 Å². The van der Waals surface area contributed by atoms with Gasteiger partial charge in [0.25, 0.3) is 6.43 Å². The summed E-state index contributed by atoms with van der Waals surface area (Å²) in [6, 6.07) is 7.09. The lowest BCUT2D eigenvalue weighted by Crippen LogP contribution is -2.09. The molecule has 1 aromatic heterocycles. The van der Waals surface area contributed by atoms with Gasteiger partial charge < -0.3 is 10.5 Å². The van der Waals surface area contributed by atoms with Crippen LogP contribution in [0.2, 0.25) is 0 Å². The van der Waals surface area contributed by atoms with Crippen molar-refractivity contribution < 1.29 is 13.5 Å². The second-order valence-electron chi connectivity index (χ2n) is 3.26. The lowest BCUT2D eigenvalue weighted by atomic mass is 10.2. The third kappa shape index (κ3) is 2.03. The SMILES string of the molecule is Nc1cnc2ccccc2c1OCC(F)F. The van der Waals surface area contributed by atoms with E-state index in [0.717, 1.165) is 0 Å². The van der Waals surface area contributed by atoms with E-state index in [9.17, 15) is 8.78 Å². The van der Waals surface area contributed by atoms with E-state index in [1.807, 2.05) is 6.07 Å². The van der Waals surface area contributed by atoms with Gasteiger partial charge in [-0.15, -0.1) is 0 Å². The third-order valence-corrected chi connectivity index (χ3v) is 2.11. The Morgan fingerprint density at radius 3 is 2.81 bits per heavy atom. The molecule has 0 spiro atoms. The van der Waals surface area contributed by atoms with Crippen LogP contribution >= 0.6 is 0 Å². The van der Waals surface area contributed by atoms with Crippen LogP contribution in [0.4, 0.5) is 14.5 Å². The maximum atomic E-state index is 12.1. The van der Waals surface area contributed by atoms with Gasteiger partial charge in [0.15, 0.2) is 5.75 Å². The molecule has 0 atom stereocenters. The summed E-state index contributed by atoms with van der Waals surface area (Å²) in [6.45, 7) is -0.668. The molecule has 84 valence electrons. The first-order valence-corrected chi connectivity index (χ1v) is 4.72. The first kappa shape index (κ1) is 10.6. The number of aromatic nitrogens is 1. The Kier molecular flexibility index (Phi) is 2.85. The van der Waals surface area contributed by atoms with Crippen molar-refractivity contribution in [1.29, 1.82) is 0 Å². The smallest absolute Gasteiger partial charge is 0.272 e. The predicted octanol–water partition coefficient (Wildman–Crippen LogP) is 2.46. The number of alkyl halides is 2. The van der Waals surface area contributed by atoms with Gasteiger partial charge in [-0.3, -0.25) is 4.98 Å². The molecule has 2 N–H and O–H groups in total. The zero-order chi connectivity index (χ0) is 11.5.